The summed E-state index contributed by atoms with van der Waals surface area (Å²) in [6.07, 6.45) is 4.42. The number of rotatable bonds is 3. The monoisotopic (exact) mass is 169 g/mol. The molecule has 0 spiro atoms. The molecule has 0 bridgehead atoms. The fourth-order valence-corrected chi connectivity index (χ4v) is 1.94. The Morgan fingerprint density at radius 2 is 2.25 bits per heavy atom. The third kappa shape index (κ3) is 2.23. The molecule has 1 unspecified atom stereocenters. The van der Waals surface area contributed by atoms with E-state index >= 15 is 0 Å². The van der Waals surface area contributed by atoms with Crippen LogP contribution in [0.2, 0.25) is 0 Å². The summed E-state index contributed by atoms with van der Waals surface area (Å²) in [6.45, 7) is 6.17. The smallest absolute Gasteiger partial charge is 0.222 e. The number of carbonyl (C=O) groups is 1. The molecular weight excluding hydrogens is 150 g/mol. The summed E-state index contributed by atoms with van der Waals surface area (Å²) >= 11 is 0. The van der Waals surface area contributed by atoms with Gasteiger partial charge in [-0.2, -0.15) is 0 Å². The molecule has 1 aliphatic heterocycles. The summed E-state index contributed by atoms with van der Waals surface area (Å²) in [5, 5.41) is 0. The summed E-state index contributed by atoms with van der Waals surface area (Å²) in [7, 11) is 0. The molecule has 0 radical (unpaired) electrons. The van der Waals surface area contributed by atoms with E-state index in [1.165, 1.54) is 12.8 Å². The van der Waals surface area contributed by atoms with Crippen LogP contribution in [-0.2, 0) is 4.79 Å². The molecule has 70 valence electrons. The molecule has 1 amide bonds. The van der Waals surface area contributed by atoms with Crippen molar-refractivity contribution in [2.24, 2.45) is 5.92 Å². The number of piperidine rings is 1. The summed E-state index contributed by atoms with van der Waals surface area (Å²) in [5.41, 5.74) is 0. The second kappa shape index (κ2) is 4.48. The van der Waals surface area contributed by atoms with Crippen molar-refractivity contribution in [3.05, 3.63) is 0 Å². The third-order valence-electron chi connectivity index (χ3n) is 2.68. The number of hydrogen-bond acceptors (Lipinski definition) is 1. The lowest BCUT2D eigenvalue weighted by atomic mass is 9.93. The maximum absolute atomic E-state index is 11.3. The number of amides is 1. The van der Waals surface area contributed by atoms with E-state index in [4.69, 9.17) is 0 Å². The van der Waals surface area contributed by atoms with Gasteiger partial charge in [0.15, 0.2) is 0 Å². The number of hydrogen-bond donors (Lipinski definition) is 0. The van der Waals surface area contributed by atoms with Crippen LogP contribution in [0.1, 0.15) is 39.5 Å². The zero-order valence-electron chi connectivity index (χ0n) is 8.18. The first-order chi connectivity index (χ1) is 5.77. The van der Waals surface area contributed by atoms with E-state index in [1.54, 1.807) is 0 Å². The summed E-state index contributed by atoms with van der Waals surface area (Å²) in [4.78, 5) is 13.3. The first kappa shape index (κ1) is 9.56. The van der Waals surface area contributed by atoms with Crippen LogP contribution in [0.5, 0.6) is 0 Å². The minimum Gasteiger partial charge on any atom is -0.343 e. The van der Waals surface area contributed by atoms with Crippen LogP contribution in [0, 0.1) is 5.92 Å². The molecule has 0 aliphatic carbocycles. The first-order valence-electron chi connectivity index (χ1n) is 5.05. The van der Waals surface area contributed by atoms with Crippen LogP contribution in [0.25, 0.3) is 0 Å². The predicted octanol–water partition coefficient (Wildman–Crippen LogP) is 2.04. The quantitative estimate of drug-likeness (QED) is 0.633. The molecule has 2 nitrogen and oxygen atoms in total. The van der Waals surface area contributed by atoms with Gasteiger partial charge in [0.2, 0.25) is 5.91 Å². The second-order valence-corrected chi connectivity index (χ2v) is 3.63. The molecule has 0 aromatic heterocycles. The van der Waals surface area contributed by atoms with Crippen molar-refractivity contribution in [3.8, 4) is 0 Å². The van der Waals surface area contributed by atoms with Gasteiger partial charge in [0.05, 0.1) is 0 Å². The Morgan fingerprint density at radius 3 is 2.83 bits per heavy atom. The Kier molecular flexibility index (Phi) is 3.57. The van der Waals surface area contributed by atoms with Crippen molar-refractivity contribution in [3.63, 3.8) is 0 Å². The van der Waals surface area contributed by atoms with Crippen LogP contribution in [0.3, 0.4) is 0 Å². The minimum absolute atomic E-state index is 0.352. The van der Waals surface area contributed by atoms with Crippen molar-refractivity contribution in [2.45, 2.75) is 39.5 Å². The number of likely N-dealkylation sites (tertiary alicyclic amines) is 1. The molecule has 0 aromatic rings. The Hall–Kier alpha value is -0.530. The molecule has 1 rings (SSSR count). The van der Waals surface area contributed by atoms with Gasteiger partial charge >= 0.3 is 0 Å². The standard InChI is InChI=1S/C10H19NO/c1-3-5-9-6-7-10(12)11(4-2)8-9/h9H,3-8H2,1-2H3. The molecular formula is C10H19NO. The molecule has 1 aliphatic rings. The highest BCUT2D eigenvalue weighted by Gasteiger charge is 2.23. The van der Waals surface area contributed by atoms with Crippen LogP contribution in [-0.4, -0.2) is 23.9 Å². The maximum atomic E-state index is 11.3. The lowest BCUT2D eigenvalue weighted by molar-refractivity contribution is -0.134. The van der Waals surface area contributed by atoms with Crippen molar-refractivity contribution in [1.29, 1.82) is 0 Å². The average Bonchev–Trinajstić information content (AvgIpc) is 2.09. The molecule has 12 heavy (non-hydrogen) atoms. The molecule has 0 aromatic carbocycles. The topological polar surface area (TPSA) is 20.3 Å². The summed E-state index contributed by atoms with van der Waals surface area (Å²) in [6, 6.07) is 0. The first-order valence-corrected chi connectivity index (χ1v) is 5.05. The van der Waals surface area contributed by atoms with Crippen molar-refractivity contribution >= 4 is 5.91 Å². The van der Waals surface area contributed by atoms with E-state index in [-0.39, 0.29) is 0 Å². The van der Waals surface area contributed by atoms with Gasteiger partial charge in [-0.1, -0.05) is 13.3 Å². The van der Waals surface area contributed by atoms with E-state index < -0.39 is 0 Å². The highest BCUT2D eigenvalue weighted by atomic mass is 16.2. The van der Waals surface area contributed by atoms with Crippen LogP contribution < -0.4 is 0 Å². The normalized spacial score (nSPS) is 24.7. The van der Waals surface area contributed by atoms with Crippen molar-refractivity contribution in [1.82, 2.24) is 4.90 Å². The Morgan fingerprint density at radius 1 is 1.50 bits per heavy atom. The minimum atomic E-state index is 0.352. The van der Waals surface area contributed by atoms with Gasteiger partial charge < -0.3 is 4.90 Å². The fourth-order valence-electron chi connectivity index (χ4n) is 1.94. The van der Waals surface area contributed by atoms with E-state index in [1.807, 2.05) is 4.90 Å². The molecule has 1 saturated heterocycles. The molecule has 1 atom stereocenters. The fraction of sp³-hybridized carbons (Fsp3) is 0.900. The van der Waals surface area contributed by atoms with Crippen LogP contribution in [0.15, 0.2) is 0 Å². The highest BCUT2D eigenvalue weighted by Crippen LogP contribution is 2.21. The van der Waals surface area contributed by atoms with Gasteiger partial charge in [-0.05, 0) is 25.7 Å². The number of carbonyl (C=O) groups excluding carboxylic acids is 1. The largest absolute Gasteiger partial charge is 0.343 e. The SMILES string of the molecule is CCCC1CCC(=O)N(CC)C1. The van der Waals surface area contributed by atoms with E-state index in [9.17, 15) is 4.79 Å². The second-order valence-electron chi connectivity index (χ2n) is 3.63. The zero-order chi connectivity index (χ0) is 8.97. The molecule has 1 fully saturated rings. The van der Waals surface area contributed by atoms with Gasteiger partial charge in [0.25, 0.3) is 0 Å². The average molecular weight is 169 g/mol. The summed E-state index contributed by atoms with van der Waals surface area (Å²) in [5.74, 6) is 1.12. The molecule has 1 heterocycles. The number of nitrogens with zero attached hydrogens (tertiary/aromatic N) is 1. The summed E-state index contributed by atoms with van der Waals surface area (Å²) < 4.78 is 0. The van der Waals surface area contributed by atoms with Crippen molar-refractivity contribution in [2.75, 3.05) is 13.1 Å². The van der Waals surface area contributed by atoms with Gasteiger partial charge in [0, 0.05) is 19.5 Å². The van der Waals surface area contributed by atoms with Gasteiger partial charge in [-0.3, -0.25) is 4.79 Å². The van der Waals surface area contributed by atoms with E-state index in [0.717, 1.165) is 31.8 Å². The Balaban J connectivity index is 2.38. The Labute approximate surface area is 74.9 Å². The predicted molar refractivity (Wildman–Crippen MR) is 49.9 cm³/mol. The van der Waals surface area contributed by atoms with E-state index in [2.05, 4.69) is 13.8 Å². The van der Waals surface area contributed by atoms with Crippen LogP contribution in [0.4, 0.5) is 0 Å². The van der Waals surface area contributed by atoms with Gasteiger partial charge in [-0.25, -0.2) is 0 Å². The zero-order valence-corrected chi connectivity index (χ0v) is 8.18. The van der Waals surface area contributed by atoms with Gasteiger partial charge in [0.1, 0.15) is 0 Å². The van der Waals surface area contributed by atoms with Gasteiger partial charge in [-0.15, -0.1) is 0 Å². The maximum Gasteiger partial charge on any atom is 0.222 e. The third-order valence-corrected chi connectivity index (χ3v) is 2.68. The lowest BCUT2D eigenvalue weighted by Gasteiger charge is -2.31. The Bertz CT molecular complexity index is 156. The van der Waals surface area contributed by atoms with E-state index in [0.29, 0.717) is 5.91 Å². The molecule has 0 N–H and O–H groups in total. The molecule has 0 saturated carbocycles. The lowest BCUT2D eigenvalue weighted by Crippen LogP contribution is -2.39. The van der Waals surface area contributed by atoms with Crippen molar-refractivity contribution < 1.29 is 4.79 Å². The molecule has 2 heteroatoms. The van der Waals surface area contributed by atoms with Crippen LogP contribution >= 0.6 is 0 Å². The highest BCUT2D eigenvalue weighted by molar-refractivity contribution is 5.76.